The molecule has 3 rings (SSSR count). The Labute approximate surface area is 157 Å². The number of nitrogens with zero attached hydrogens (tertiary/aromatic N) is 5. The van der Waals surface area contributed by atoms with Gasteiger partial charge in [-0.3, -0.25) is 24.3 Å². The fraction of sp³-hybridized carbons (Fsp3) is 0.188. The summed E-state index contributed by atoms with van der Waals surface area (Å²) >= 11 is 5.99. The molecule has 27 heavy (non-hydrogen) atoms. The van der Waals surface area contributed by atoms with E-state index in [0.29, 0.717) is 6.54 Å². The molecule has 140 valence electrons. The molecular weight excluding hydrogens is 379 g/mol. The van der Waals surface area contributed by atoms with Gasteiger partial charge in [-0.2, -0.15) is 10.2 Å². The summed E-state index contributed by atoms with van der Waals surface area (Å²) in [7, 11) is 0. The predicted octanol–water partition coefficient (Wildman–Crippen LogP) is 3.10. The van der Waals surface area contributed by atoms with Crippen molar-refractivity contribution in [2.45, 2.75) is 20.0 Å². The highest BCUT2D eigenvalue weighted by atomic mass is 35.5. The van der Waals surface area contributed by atoms with Gasteiger partial charge in [0.05, 0.1) is 23.4 Å². The molecule has 2 heterocycles. The molecule has 0 bridgehead atoms. The van der Waals surface area contributed by atoms with E-state index in [4.69, 9.17) is 11.6 Å². The average Bonchev–Trinajstić information content (AvgIpc) is 3.25. The van der Waals surface area contributed by atoms with Gasteiger partial charge in [0, 0.05) is 23.3 Å². The van der Waals surface area contributed by atoms with Crippen LogP contribution < -0.4 is 5.32 Å². The summed E-state index contributed by atoms with van der Waals surface area (Å²) in [5.74, 6) is -1.21. The molecule has 0 atom stereocenters. The van der Waals surface area contributed by atoms with Crippen LogP contribution in [0.1, 0.15) is 23.0 Å². The van der Waals surface area contributed by atoms with Gasteiger partial charge < -0.3 is 5.32 Å². The van der Waals surface area contributed by atoms with Crippen LogP contribution in [0.2, 0.25) is 5.02 Å². The summed E-state index contributed by atoms with van der Waals surface area (Å²) in [6, 6.07) is 4.35. The van der Waals surface area contributed by atoms with Gasteiger partial charge in [0.15, 0.2) is 0 Å². The number of hydrogen-bond acceptors (Lipinski definition) is 5. The molecule has 11 heteroatoms. The number of carbonyl (C=O) groups is 1. The highest BCUT2D eigenvalue weighted by molar-refractivity contribution is 6.31. The molecule has 2 aromatic heterocycles. The molecule has 0 aliphatic heterocycles. The van der Waals surface area contributed by atoms with Crippen molar-refractivity contribution in [3.05, 3.63) is 69.0 Å². The fourth-order valence-electron chi connectivity index (χ4n) is 2.42. The number of carbonyl (C=O) groups excluding carboxylic acids is 1. The SMILES string of the molecule is CCn1cc([N+](=O)[O-])c(C(=O)Nc2cnn(Cc3c(F)cccc3Cl)c2)n1. The van der Waals surface area contributed by atoms with E-state index in [0.717, 1.165) is 0 Å². The number of nitro groups is 1. The molecule has 1 amide bonds. The summed E-state index contributed by atoms with van der Waals surface area (Å²) in [6.07, 6.45) is 4.00. The monoisotopic (exact) mass is 392 g/mol. The predicted molar refractivity (Wildman–Crippen MR) is 95.2 cm³/mol. The molecule has 9 nitrogen and oxygen atoms in total. The van der Waals surface area contributed by atoms with Gasteiger partial charge in [-0.05, 0) is 19.1 Å². The second-order valence-electron chi connectivity index (χ2n) is 5.56. The number of aromatic nitrogens is 4. The summed E-state index contributed by atoms with van der Waals surface area (Å²) < 4.78 is 16.6. The van der Waals surface area contributed by atoms with E-state index >= 15 is 0 Å². The Morgan fingerprint density at radius 3 is 2.81 bits per heavy atom. The largest absolute Gasteiger partial charge is 0.320 e. The lowest BCUT2D eigenvalue weighted by Gasteiger charge is -2.05. The van der Waals surface area contributed by atoms with E-state index in [9.17, 15) is 19.3 Å². The Hall–Kier alpha value is -3.27. The average molecular weight is 393 g/mol. The Morgan fingerprint density at radius 2 is 2.15 bits per heavy atom. The minimum atomic E-state index is -0.739. The van der Waals surface area contributed by atoms with Crippen molar-refractivity contribution in [2.24, 2.45) is 0 Å². The van der Waals surface area contributed by atoms with Crippen LogP contribution >= 0.6 is 11.6 Å². The molecule has 0 saturated carbocycles. The number of amides is 1. The molecule has 0 aliphatic carbocycles. The number of hydrogen-bond donors (Lipinski definition) is 1. The van der Waals surface area contributed by atoms with Crippen molar-refractivity contribution in [3.8, 4) is 0 Å². The van der Waals surface area contributed by atoms with Crippen LogP contribution in [-0.4, -0.2) is 30.4 Å². The third-order valence-electron chi connectivity index (χ3n) is 3.75. The van der Waals surface area contributed by atoms with Gasteiger partial charge in [-0.1, -0.05) is 17.7 Å². The van der Waals surface area contributed by atoms with E-state index in [-0.39, 0.29) is 34.2 Å². The van der Waals surface area contributed by atoms with E-state index in [1.165, 1.54) is 40.1 Å². The van der Waals surface area contributed by atoms with Gasteiger partial charge in [-0.15, -0.1) is 0 Å². The molecule has 0 saturated heterocycles. The Bertz CT molecular complexity index is 995. The molecule has 3 aromatic rings. The third kappa shape index (κ3) is 3.95. The van der Waals surface area contributed by atoms with Crippen LogP contribution in [-0.2, 0) is 13.1 Å². The van der Waals surface area contributed by atoms with Gasteiger partial charge >= 0.3 is 5.69 Å². The van der Waals surface area contributed by atoms with E-state index in [2.05, 4.69) is 15.5 Å². The number of benzene rings is 1. The van der Waals surface area contributed by atoms with Crippen LogP contribution in [0.3, 0.4) is 0 Å². The molecule has 1 N–H and O–H groups in total. The van der Waals surface area contributed by atoms with E-state index in [1.807, 2.05) is 0 Å². The zero-order chi connectivity index (χ0) is 19.6. The Kier molecular flexibility index (Phi) is 5.17. The van der Waals surface area contributed by atoms with Crippen LogP contribution in [0.5, 0.6) is 0 Å². The maximum absolute atomic E-state index is 13.9. The van der Waals surface area contributed by atoms with Crippen molar-refractivity contribution in [1.82, 2.24) is 19.6 Å². The van der Waals surface area contributed by atoms with Crippen LogP contribution in [0.15, 0.2) is 36.8 Å². The van der Waals surface area contributed by atoms with E-state index < -0.39 is 16.6 Å². The number of rotatable bonds is 6. The minimum absolute atomic E-state index is 0.0615. The number of anilines is 1. The van der Waals surface area contributed by atoms with E-state index in [1.54, 1.807) is 13.0 Å². The summed E-state index contributed by atoms with van der Waals surface area (Å²) in [4.78, 5) is 22.8. The first kappa shape index (κ1) is 18.5. The van der Waals surface area contributed by atoms with Crippen LogP contribution in [0.25, 0.3) is 0 Å². The summed E-state index contributed by atoms with van der Waals surface area (Å²) in [5.41, 5.74) is -0.142. The molecular formula is C16H14ClFN6O3. The van der Waals surface area contributed by atoms with Crippen molar-refractivity contribution in [1.29, 1.82) is 0 Å². The maximum Gasteiger partial charge on any atom is 0.320 e. The Morgan fingerprint density at radius 1 is 1.37 bits per heavy atom. The lowest BCUT2D eigenvalue weighted by atomic mass is 10.2. The van der Waals surface area contributed by atoms with Gasteiger partial charge in [0.25, 0.3) is 5.91 Å². The lowest BCUT2D eigenvalue weighted by molar-refractivity contribution is -0.385. The van der Waals surface area contributed by atoms with Crippen LogP contribution in [0.4, 0.5) is 15.8 Å². The van der Waals surface area contributed by atoms with Gasteiger partial charge in [0.1, 0.15) is 12.0 Å². The normalized spacial score (nSPS) is 10.8. The molecule has 0 aliphatic rings. The number of aryl methyl sites for hydroxylation is 1. The molecule has 0 unspecified atom stereocenters. The smallest absolute Gasteiger partial charge is 0.318 e. The summed E-state index contributed by atoms with van der Waals surface area (Å²) in [6.45, 7) is 2.19. The zero-order valence-corrected chi connectivity index (χ0v) is 14.9. The molecule has 0 fully saturated rings. The Balaban J connectivity index is 1.77. The third-order valence-corrected chi connectivity index (χ3v) is 4.11. The lowest BCUT2D eigenvalue weighted by Crippen LogP contribution is -2.14. The highest BCUT2D eigenvalue weighted by Gasteiger charge is 2.25. The number of nitrogens with one attached hydrogen (secondary N) is 1. The first-order valence-electron chi connectivity index (χ1n) is 7.87. The van der Waals surface area contributed by atoms with Crippen LogP contribution in [0, 0.1) is 15.9 Å². The molecule has 0 radical (unpaired) electrons. The number of halogens is 2. The second-order valence-corrected chi connectivity index (χ2v) is 5.96. The first-order valence-corrected chi connectivity index (χ1v) is 8.25. The topological polar surface area (TPSA) is 108 Å². The molecule has 0 spiro atoms. The first-order chi connectivity index (χ1) is 12.9. The standard InChI is InChI=1S/C16H14ClFN6O3/c1-2-22-9-14(24(26)27)15(21-22)16(25)20-10-6-19-23(7-10)8-11-12(17)4-3-5-13(11)18/h3-7,9H,2,8H2,1H3,(H,20,25). The van der Waals surface area contributed by atoms with Crippen molar-refractivity contribution in [3.63, 3.8) is 0 Å². The maximum atomic E-state index is 13.9. The van der Waals surface area contributed by atoms with Gasteiger partial charge in [0.2, 0.25) is 5.69 Å². The quantitative estimate of drug-likeness (QED) is 0.512. The van der Waals surface area contributed by atoms with Crippen molar-refractivity contribution in [2.75, 3.05) is 5.32 Å². The minimum Gasteiger partial charge on any atom is -0.318 e. The summed E-state index contributed by atoms with van der Waals surface area (Å²) in [5, 5.41) is 21.8. The zero-order valence-electron chi connectivity index (χ0n) is 14.1. The van der Waals surface area contributed by atoms with Crippen molar-refractivity contribution < 1.29 is 14.1 Å². The second kappa shape index (κ2) is 7.54. The fourth-order valence-corrected chi connectivity index (χ4v) is 2.64. The highest BCUT2D eigenvalue weighted by Crippen LogP contribution is 2.21. The molecule has 1 aromatic carbocycles. The van der Waals surface area contributed by atoms with Crippen molar-refractivity contribution >= 4 is 28.9 Å². The van der Waals surface area contributed by atoms with Gasteiger partial charge in [-0.25, -0.2) is 4.39 Å².